The van der Waals surface area contributed by atoms with Crippen molar-refractivity contribution in [2.24, 2.45) is 5.92 Å². The van der Waals surface area contributed by atoms with E-state index in [9.17, 15) is 14.7 Å². The Morgan fingerprint density at radius 2 is 1.98 bits per heavy atom. The van der Waals surface area contributed by atoms with E-state index in [0.29, 0.717) is 23.6 Å². The molecule has 9 heteroatoms. The summed E-state index contributed by atoms with van der Waals surface area (Å²) in [6, 6.07) is 7.84. The van der Waals surface area contributed by atoms with Crippen LogP contribution in [0.25, 0.3) is 20.9 Å². The van der Waals surface area contributed by atoms with Gasteiger partial charge in [0, 0.05) is 22.9 Å². The zero-order valence-corrected chi connectivity index (χ0v) is 24.4. The summed E-state index contributed by atoms with van der Waals surface area (Å²) in [6.07, 6.45) is 9.17. The predicted molar refractivity (Wildman–Crippen MR) is 155 cm³/mol. The number of methoxy groups -OCH3 is 1. The van der Waals surface area contributed by atoms with Crippen LogP contribution in [0.15, 0.2) is 52.1 Å². The summed E-state index contributed by atoms with van der Waals surface area (Å²) in [6.45, 7) is 7.22. The Morgan fingerprint density at radius 3 is 2.62 bits per heavy atom. The van der Waals surface area contributed by atoms with E-state index in [1.54, 1.807) is 33.4 Å². The normalized spacial score (nSPS) is 18.6. The van der Waals surface area contributed by atoms with Gasteiger partial charge in [-0.15, -0.1) is 11.3 Å². The summed E-state index contributed by atoms with van der Waals surface area (Å²) >= 11 is 1.44. The van der Waals surface area contributed by atoms with Crippen molar-refractivity contribution in [3.63, 3.8) is 0 Å². The van der Waals surface area contributed by atoms with Gasteiger partial charge in [0.05, 0.1) is 35.8 Å². The fourth-order valence-electron chi connectivity index (χ4n) is 5.56. The molecule has 0 aliphatic heterocycles. The maximum absolute atomic E-state index is 13.8. The van der Waals surface area contributed by atoms with Gasteiger partial charge in [0.15, 0.2) is 0 Å². The molecule has 0 spiro atoms. The van der Waals surface area contributed by atoms with Crippen LogP contribution in [0.1, 0.15) is 69.2 Å². The molecule has 0 radical (unpaired) electrons. The zero-order chi connectivity index (χ0) is 28.6. The molecule has 3 heterocycles. The van der Waals surface area contributed by atoms with Crippen LogP contribution in [0.4, 0.5) is 0 Å². The van der Waals surface area contributed by atoms with Crippen LogP contribution in [0.2, 0.25) is 0 Å². The van der Waals surface area contributed by atoms with Crippen LogP contribution in [-0.2, 0) is 21.5 Å². The number of carboxylic acid groups (broad SMARTS) is 1. The molecule has 1 atom stereocenters. The third-order valence-corrected chi connectivity index (χ3v) is 9.47. The molecule has 0 unspecified atom stereocenters. The zero-order valence-electron chi connectivity index (χ0n) is 23.6. The van der Waals surface area contributed by atoms with E-state index in [-0.39, 0.29) is 17.8 Å². The number of rotatable bonds is 9. The van der Waals surface area contributed by atoms with Gasteiger partial charge in [0.1, 0.15) is 17.6 Å². The summed E-state index contributed by atoms with van der Waals surface area (Å²) < 4.78 is 20.3. The van der Waals surface area contributed by atoms with Crippen LogP contribution >= 0.6 is 11.3 Å². The van der Waals surface area contributed by atoms with E-state index in [1.165, 1.54) is 22.2 Å². The summed E-state index contributed by atoms with van der Waals surface area (Å²) in [5.74, 6) is 0.764. The first-order valence-electron chi connectivity index (χ1n) is 13.7. The minimum absolute atomic E-state index is 0.107. The van der Waals surface area contributed by atoms with Crippen molar-refractivity contribution < 1.29 is 23.8 Å². The van der Waals surface area contributed by atoms with Gasteiger partial charge >= 0.3 is 5.97 Å². The number of ether oxygens (including phenoxy) is 2. The number of aliphatic carboxylic acids is 1. The summed E-state index contributed by atoms with van der Waals surface area (Å²) in [5.41, 5.74) is 0.662. The van der Waals surface area contributed by atoms with E-state index in [0.717, 1.165) is 57.7 Å². The van der Waals surface area contributed by atoms with Crippen LogP contribution in [0, 0.1) is 12.8 Å². The number of aromatic nitrogens is 2. The number of oxazole rings is 1. The molecule has 8 nitrogen and oxygen atoms in total. The number of nitrogens with zero attached hydrogens (tertiary/aromatic N) is 2. The molecule has 1 aromatic carbocycles. The van der Waals surface area contributed by atoms with E-state index in [4.69, 9.17) is 13.9 Å². The lowest BCUT2D eigenvalue weighted by Crippen LogP contribution is -2.42. The Hall–Kier alpha value is -3.43. The minimum Gasteiger partial charge on any atom is -0.496 e. The number of pyridine rings is 1. The first-order valence-corrected chi connectivity index (χ1v) is 14.5. The van der Waals surface area contributed by atoms with Gasteiger partial charge < -0.3 is 19.0 Å². The number of aryl methyl sites for hydroxylation is 1. The van der Waals surface area contributed by atoms with Crippen molar-refractivity contribution in [1.82, 2.24) is 9.55 Å². The fraction of sp³-hybridized carbons (Fsp3) is 0.452. The molecule has 3 aromatic heterocycles. The Bertz CT molecular complexity index is 1560. The summed E-state index contributed by atoms with van der Waals surface area (Å²) in [7, 11) is 1.65. The van der Waals surface area contributed by atoms with Crippen LogP contribution in [0.3, 0.4) is 0 Å². The lowest BCUT2D eigenvalue weighted by atomic mass is 9.88. The summed E-state index contributed by atoms with van der Waals surface area (Å²) in [4.78, 5) is 31.2. The van der Waals surface area contributed by atoms with Crippen molar-refractivity contribution in [3.05, 3.63) is 70.0 Å². The number of hydrogen-bond acceptors (Lipinski definition) is 7. The van der Waals surface area contributed by atoms with Crippen LogP contribution in [0.5, 0.6) is 5.75 Å². The maximum atomic E-state index is 13.8. The smallest absolute Gasteiger partial charge is 0.329 e. The first-order chi connectivity index (χ1) is 19.1. The predicted octanol–water partition coefficient (Wildman–Crippen LogP) is 6.73. The van der Waals surface area contributed by atoms with Gasteiger partial charge in [-0.25, -0.2) is 9.78 Å². The van der Waals surface area contributed by atoms with Gasteiger partial charge in [-0.2, -0.15) is 0 Å². The third kappa shape index (κ3) is 5.20. The second-order valence-electron chi connectivity index (χ2n) is 11.2. The number of thiophene rings is 1. The maximum Gasteiger partial charge on any atom is 0.329 e. The molecule has 5 rings (SSSR count). The van der Waals surface area contributed by atoms with Crippen LogP contribution in [-0.4, -0.2) is 33.8 Å². The van der Waals surface area contributed by atoms with Gasteiger partial charge in [-0.1, -0.05) is 25.1 Å². The Morgan fingerprint density at radius 1 is 1.25 bits per heavy atom. The Labute approximate surface area is 237 Å². The number of carbonyl (C=O) groups is 1. The fourth-order valence-corrected chi connectivity index (χ4v) is 6.81. The van der Waals surface area contributed by atoms with Crippen LogP contribution < -0.4 is 10.3 Å². The van der Waals surface area contributed by atoms with E-state index in [1.807, 2.05) is 31.2 Å². The molecular formula is C31H36N2O6S. The average Bonchev–Trinajstić information content (AvgIpc) is 3.59. The summed E-state index contributed by atoms with van der Waals surface area (Å²) in [5, 5.41) is 10.5. The molecular weight excluding hydrogens is 528 g/mol. The van der Waals surface area contributed by atoms with Crippen molar-refractivity contribution in [1.29, 1.82) is 0 Å². The molecule has 1 aliphatic rings. The van der Waals surface area contributed by atoms with Gasteiger partial charge in [-0.3, -0.25) is 9.36 Å². The molecule has 4 aromatic rings. The van der Waals surface area contributed by atoms with Gasteiger partial charge in [0.25, 0.3) is 5.56 Å². The highest BCUT2D eigenvalue weighted by atomic mass is 32.1. The molecule has 0 saturated heterocycles. The lowest BCUT2D eigenvalue weighted by Gasteiger charge is -2.31. The number of para-hydroxylation sites is 1. The molecule has 1 N–H and O–H groups in total. The molecule has 0 bridgehead atoms. The molecule has 40 heavy (non-hydrogen) atoms. The Kier molecular flexibility index (Phi) is 7.88. The number of carboxylic acids is 1. The van der Waals surface area contributed by atoms with Gasteiger partial charge in [-0.05, 0) is 69.6 Å². The molecule has 1 fully saturated rings. The second-order valence-corrected chi connectivity index (χ2v) is 12.3. The molecule has 1 saturated carbocycles. The van der Waals surface area contributed by atoms with E-state index >= 15 is 0 Å². The molecule has 1 aliphatic carbocycles. The topological polar surface area (TPSA) is 104 Å². The van der Waals surface area contributed by atoms with E-state index in [2.05, 4.69) is 11.9 Å². The molecule has 0 amide bonds. The largest absolute Gasteiger partial charge is 0.496 e. The average molecular weight is 565 g/mol. The highest BCUT2D eigenvalue weighted by Crippen LogP contribution is 2.41. The Balaban J connectivity index is 1.69. The van der Waals surface area contributed by atoms with Crippen molar-refractivity contribution in [3.8, 4) is 16.5 Å². The van der Waals surface area contributed by atoms with Gasteiger partial charge in [0.2, 0.25) is 5.89 Å². The van der Waals surface area contributed by atoms with Crippen molar-refractivity contribution in [2.75, 3.05) is 7.11 Å². The van der Waals surface area contributed by atoms with Crippen molar-refractivity contribution >= 4 is 27.4 Å². The monoisotopic (exact) mass is 564 g/mol. The lowest BCUT2D eigenvalue weighted by molar-refractivity contribution is -0.145. The third-order valence-electron chi connectivity index (χ3n) is 8.12. The molecule has 212 valence electrons. The number of benzene rings is 1. The first kappa shape index (κ1) is 28.1. The number of fused-ring (bicyclic) bond motifs is 1. The quantitative estimate of drug-likeness (QED) is 0.240. The highest BCUT2D eigenvalue weighted by molar-refractivity contribution is 7.22. The second kappa shape index (κ2) is 11.2. The highest BCUT2D eigenvalue weighted by Gasteiger charge is 2.34. The SMILES string of the molecule is COc1ccccc1[C@H](Cc1cn(C(C)(C)C(=O)O)c(=O)c2c(C)c(-c3ncco3)sc12)OC1CCC(C)CC1. The standard InChI is InChI=1S/C31H36N2O6S/c1-18-10-12-21(13-11-18)39-24(22-8-6-7-9-23(22)37-5)16-20-17-33(31(3,4)30(35)36)29(34)25-19(2)26(40-27(20)25)28-32-14-15-38-28/h6-9,14-15,17-18,21,24H,10-13,16H2,1-5H3,(H,35,36)/t18?,21?,24-/m0/s1. The van der Waals surface area contributed by atoms with Crippen molar-refractivity contribution in [2.45, 2.75) is 77.5 Å². The van der Waals surface area contributed by atoms with E-state index < -0.39 is 11.5 Å². The number of hydrogen-bond donors (Lipinski definition) is 1. The minimum atomic E-state index is -1.46.